The summed E-state index contributed by atoms with van der Waals surface area (Å²) in [5.41, 5.74) is 3.58. The molecule has 2 heterocycles. The summed E-state index contributed by atoms with van der Waals surface area (Å²) < 4.78 is 5.65. The highest BCUT2D eigenvalue weighted by molar-refractivity contribution is 6.46. The Kier molecular flexibility index (Phi) is 5.14. The highest BCUT2D eigenvalue weighted by atomic mass is 16.5. The van der Waals surface area contributed by atoms with Crippen LogP contribution in [0.25, 0.3) is 5.76 Å². The monoisotopic (exact) mass is 391 g/mol. The fourth-order valence-corrected chi connectivity index (χ4v) is 4.20. The summed E-state index contributed by atoms with van der Waals surface area (Å²) in [6, 6.07) is 12.6. The molecular weight excluding hydrogens is 366 g/mol. The molecule has 5 heteroatoms. The number of amides is 1. The number of benzene rings is 2. The van der Waals surface area contributed by atoms with Gasteiger partial charge in [-0.1, -0.05) is 36.8 Å². The summed E-state index contributed by atoms with van der Waals surface area (Å²) in [5, 5.41) is 11.1. The number of likely N-dealkylation sites (tertiary alicyclic amines) is 1. The minimum absolute atomic E-state index is 0.123. The molecule has 0 aliphatic carbocycles. The van der Waals surface area contributed by atoms with Crippen molar-refractivity contribution in [3.05, 3.63) is 70.3 Å². The smallest absolute Gasteiger partial charge is 0.295 e. The fourth-order valence-electron chi connectivity index (χ4n) is 4.20. The molecule has 0 spiro atoms. The van der Waals surface area contributed by atoms with E-state index in [9.17, 15) is 14.7 Å². The number of Topliss-reactive ketones (excluding diaryl/α,β-unsaturated/α-hetero) is 1. The number of carbonyl (C=O) groups excluding carboxylic acids is 2. The Morgan fingerprint density at radius 3 is 2.79 bits per heavy atom. The van der Waals surface area contributed by atoms with Crippen LogP contribution in [0.3, 0.4) is 0 Å². The van der Waals surface area contributed by atoms with Gasteiger partial charge in [0.2, 0.25) is 0 Å². The van der Waals surface area contributed by atoms with Crippen molar-refractivity contribution in [3.8, 4) is 5.75 Å². The molecule has 1 saturated heterocycles. The largest absolute Gasteiger partial charge is 0.507 e. The van der Waals surface area contributed by atoms with Gasteiger partial charge in [0.05, 0.1) is 18.2 Å². The van der Waals surface area contributed by atoms with Crippen LogP contribution >= 0.6 is 0 Å². The van der Waals surface area contributed by atoms with E-state index in [0.29, 0.717) is 18.7 Å². The van der Waals surface area contributed by atoms with Gasteiger partial charge in [-0.15, -0.1) is 0 Å². The Morgan fingerprint density at radius 1 is 1.21 bits per heavy atom. The summed E-state index contributed by atoms with van der Waals surface area (Å²) in [5.74, 6) is -0.492. The quantitative estimate of drug-likeness (QED) is 0.483. The molecule has 0 aromatic heterocycles. The van der Waals surface area contributed by atoms with E-state index in [2.05, 4.69) is 0 Å². The molecule has 29 heavy (non-hydrogen) atoms. The van der Waals surface area contributed by atoms with Crippen LogP contribution in [-0.4, -0.2) is 34.8 Å². The number of ketones is 1. The lowest BCUT2D eigenvalue weighted by Crippen LogP contribution is -2.30. The minimum Gasteiger partial charge on any atom is -0.507 e. The van der Waals surface area contributed by atoms with Crippen molar-refractivity contribution in [2.75, 3.05) is 13.2 Å². The zero-order valence-electron chi connectivity index (χ0n) is 16.8. The normalized spacial score (nSPS) is 20.5. The van der Waals surface area contributed by atoms with Gasteiger partial charge in [0.1, 0.15) is 11.5 Å². The molecule has 2 aromatic rings. The molecular formula is C24H25NO4. The molecule has 0 radical (unpaired) electrons. The standard InChI is InChI=1S/C24H25NO4/c1-3-11-25-21(17-7-4-6-15(2)13-17)20(23(27)24(25)28)22(26)18-9-10-19-16(14-18)8-5-12-29-19/h4,6-7,9-10,13-14,21,26H,3,5,8,11-12H2,1-2H3/b22-20-. The molecule has 1 fully saturated rings. The number of aryl methyl sites for hydroxylation is 2. The highest BCUT2D eigenvalue weighted by Gasteiger charge is 2.45. The molecule has 150 valence electrons. The lowest BCUT2D eigenvalue weighted by Gasteiger charge is -2.25. The lowest BCUT2D eigenvalue weighted by atomic mass is 9.93. The molecule has 4 rings (SSSR count). The van der Waals surface area contributed by atoms with Gasteiger partial charge in [-0.2, -0.15) is 0 Å². The number of carbonyl (C=O) groups is 2. The van der Waals surface area contributed by atoms with E-state index in [0.717, 1.165) is 41.7 Å². The second kappa shape index (κ2) is 7.74. The van der Waals surface area contributed by atoms with E-state index >= 15 is 0 Å². The molecule has 2 aromatic carbocycles. The number of nitrogens with zero attached hydrogens (tertiary/aromatic N) is 1. The number of aliphatic hydroxyl groups is 1. The highest BCUT2D eigenvalue weighted by Crippen LogP contribution is 2.40. The van der Waals surface area contributed by atoms with Gasteiger partial charge in [-0.05, 0) is 55.5 Å². The molecule has 1 amide bonds. The summed E-state index contributed by atoms with van der Waals surface area (Å²) in [7, 11) is 0. The van der Waals surface area contributed by atoms with Crippen LogP contribution in [-0.2, 0) is 16.0 Å². The first-order valence-electron chi connectivity index (χ1n) is 10.1. The first kappa shape index (κ1) is 19.2. The second-order valence-corrected chi connectivity index (χ2v) is 7.68. The average molecular weight is 391 g/mol. The maximum absolute atomic E-state index is 12.9. The Hall–Kier alpha value is -3.08. The Labute approximate surface area is 170 Å². The lowest BCUT2D eigenvalue weighted by molar-refractivity contribution is -0.139. The predicted octanol–water partition coefficient (Wildman–Crippen LogP) is 4.15. The van der Waals surface area contributed by atoms with E-state index in [1.165, 1.54) is 0 Å². The van der Waals surface area contributed by atoms with Crippen molar-refractivity contribution in [2.24, 2.45) is 0 Å². The van der Waals surface area contributed by atoms with E-state index in [-0.39, 0.29) is 11.3 Å². The topological polar surface area (TPSA) is 66.8 Å². The summed E-state index contributed by atoms with van der Waals surface area (Å²) >= 11 is 0. The Balaban J connectivity index is 1.86. The van der Waals surface area contributed by atoms with E-state index in [1.54, 1.807) is 11.0 Å². The van der Waals surface area contributed by atoms with Crippen LogP contribution in [0.1, 0.15) is 48.1 Å². The third-order valence-corrected chi connectivity index (χ3v) is 5.54. The van der Waals surface area contributed by atoms with E-state index < -0.39 is 17.7 Å². The third-order valence-electron chi connectivity index (χ3n) is 5.54. The van der Waals surface area contributed by atoms with E-state index in [1.807, 2.05) is 50.2 Å². The van der Waals surface area contributed by atoms with Crippen LogP contribution in [0.4, 0.5) is 0 Å². The molecule has 2 aliphatic heterocycles. The van der Waals surface area contributed by atoms with Gasteiger partial charge < -0.3 is 14.7 Å². The first-order chi connectivity index (χ1) is 14.0. The van der Waals surface area contributed by atoms with Gasteiger partial charge >= 0.3 is 0 Å². The molecule has 1 N–H and O–H groups in total. The maximum atomic E-state index is 12.9. The second-order valence-electron chi connectivity index (χ2n) is 7.68. The molecule has 0 saturated carbocycles. The van der Waals surface area contributed by atoms with Crippen molar-refractivity contribution in [1.29, 1.82) is 0 Å². The molecule has 1 unspecified atom stereocenters. The van der Waals surface area contributed by atoms with Gasteiger partial charge in [-0.25, -0.2) is 0 Å². The number of hydrogen-bond donors (Lipinski definition) is 1. The van der Waals surface area contributed by atoms with Crippen LogP contribution in [0.2, 0.25) is 0 Å². The van der Waals surface area contributed by atoms with Crippen LogP contribution in [0.5, 0.6) is 5.75 Å². The van der Waals surface area contributed by atoms with Crippen LogP contribution < -0.4 is 4.74 Å². The van der Waals surface area contributed by atoms with Crippen molar-refractivity contribution in [3.63, 3.8) is 0 Å². The average Bonchev–Trinajstić information content (AvgIpc) is 2.98. The van der Waals surface area contributed by atoms with Crippen molar-refractivity contribution >= 4 is 17.4 Å². The zero-order chi connectivity index (χ0) is 20.5. The minimum atomic E-state index is -0.628. The number of aliphatic hydroxyl groups excluding tert-OH is 1. The van der Waals surface area contributed by atoms with Gasteiger partial charge in [0.15, 0.2) is 0 Å². The summed E-state index contributed by atoms with van der Waals surface area (Å²) in [4.78, 5) is 27.3. The van der Waals surface area contributed by atoms with E-state index in [4.69, 9.17) is 4.74 Å². The van der Waals surface area contributed by atoms with Crippen LogP contribution in [0.15, 0.2) is 48.0 Å². The molecule has 5 nitrogen and oxygen atoms in total. The molecule has 0 bridgehead atoms. The van der Waals surface area contributed by atoms with Crippen molar-refractivity contribution in [2.45, 2.75) is 39.2 Å². The molecule has 2 aliphatic rings. The summed E-state index contributed by atoms with van der Waals surface area (Å²) in [6.07, 6.45) is 2.51. The van der Waals surface area contributed by atoms with Gasteiger partial charge in [0, 0.05) is 12.1 Å². The van der Waals surface area contributed by atoms with Crippen molar-refractivity contribution in [1.82, 2.24) is 4.90 Å². The first-order valence-corrected chi connectivity index (χ1v) is 10.1. The molecule has 1 atom stereocenters. The third kappa shape index (κ3) is 3.41. The number of hydrogen-bond acceptors (Lipinski definition) is 4. The Morgan fingerprint density at radius 2 is 2.03 bits per heavy atom. The zero-order valence-corrected chi connectivity index (χ0v) is 16.8. The maximum Gasteiger partial charge on any atom is 0.295 e. The number of rotatable bonds is 4. The van der Waals surface area contributed by atoms with Crippen molar-refractivity contribution < 1.29 is 19.4 Å². The van der Waals surface area contributed by atoms with Gasteiger partial charge in [-0.3, -0.25) is 9.59 Å². The Bertz CT molecular complexity index is 1010. The number of fused-ring (bicyclic) bond motifs is 1. The number of ether oxygens (including phenoxy) is 1. The summed E-state index contributed by atoms with van der Waals surface area (Å²) in [6.45, 7) is 5.08. The predicted molar refractivity (Wildman–Crippen MR) is 111 cm³/mol. The van der Waals surface area contributed by atoms with Crippen LogP contribution in [0, 0.1) is 6.92 Å². The SMILES string of the molecule is CCCN1C(=O)C(=O)/C(=C(\O)c2ccc3c(c2)CCCO3)C1c1cccc(C)c1. The fraction of sp³-hybridized carbons (Fsp3) is 0.333. The van der Waals surface area contributed by atoms with Gasteiger partial charge in [0.25, 0.3) is 11.7 Å².